The smallest absolute Gasteiger partial charge is 0.140 e. The van der Waals surface area contributed by atoms with Crippen molar-refractivity contribution in [3.8, 4) is 0 Å². The van der Waals surface area contributed by atoms with Crippen LogP contribution in [0, 0.1) is 11.8 Å². The molecule has 2 fully saturated rings. The van der Waals surface area contributed by atoms with Crippen molar-refractivity contribution in [1.82, 2.24) is 5.32 Å². The van der Waals surface area contributed by atoms with Gasteiger partial charge in [0.15, 0.2) is 0 Å². The van der Waals surface area contributed by atoms with Crippen LogP contribution in [0.2, 0.25) is 0 Å². The van der Waals surface area contributed by atoms with Gasteiger partial charge in [-0.05, 0) is 38.3 Å². The molecule has 1 atom stereocenters. The zero-order valence-corrected chi connectivity index (χ0v) is 6.73. The van der Waals surface area contributed by atoms with Crippen LogP contribution in [0.1, 0.15) is 25.7 Å². The Hall–Kier alpha value is -0.370. The normalized spacial score (nSPS) is 33.5. The Kier molecular flexibility index (Phi) is 1.95. The van der Waals surface area contributed by atoms with Gasteiger partial charge >= 0.3 is 0 Å². The summed E-state index contributed by atoms with van der Waals surface area (Å²) in [5.41, 5.74) is 0. The number of Topliss-reactive ketones (excluding diaryl/α,β-unsaturated/α-hetero) is 1. The van der Waals surface area contributed by atoms with Crippen molar-refractivity contribution in [1.29, 1.82) is 0 Å². The van der Waals surface area contributed by atoms with Crippen molar-refractivity contribution in [3.05, 3.63) is 5.92 Å². The lowest BCUT2D eigenvalue weighted by molar-refractivity contribution is -0.119. The van der Waals surface area contributed by atoms with Crippen molar-refractivity contribution in [2.24, 2.45) is 5.92 Å². The number of nitrogens with one attached hydrogen (secondary N) is 1. The molecule has 1 aliphatic carbocycles. The zero-order valence-electron chi connectivity index (χ0n) is 6.73. The van der Waals surface area contributed by atoms with Gasteiger partial charge in [0, 0.05) is 12.3 Å². The van der Waals surface area contributed by atoms with E-state index in [9.17, 15) is 4.79 Å². The molecule has 0 aromatic heterocycles. The highest BCUT2D eigenvalue weighted by Crippen LogP contribution is 2.32. The van der Waals surface area contributed by atoms with Crippen LogP contribution in [-0.2, 0) is 4.79 Å². The molecule has 0 spiro atoms. The summed E-state index contributed by atoms with van der Waals surface area (Å²) in [6, 6.07) is 0. The van der Waals surface area contributed by atoms with Crippen LogP contribution < -0.4 is 5.32 Å². The number of carbonyl (C=O) groups is 1. The van der Waals surface area contributed by atoms with Crippen LogP contribution in [0.3, 0.4) is 0 Å². The molecule has 0 aromatic carbocycles. The number of carbonyl (C=O) groups excluding carboxylic acids is 1. The van der Waals surface area contributed by atoms with E-state index in [-0.39, 0.29) is 0 Å². The molecule has 2 heteroatoms. The molecule has 0 amide bonds. The van der Waals surface area contributed by atoms with Gasteiger partial charge in [0.2, 0.25) is 0 Å². The fourth-order valence-corrected chi connectivity index (χ4v) is 2.14. The van der Waals surface area contributed by atoms with Crippen LogP contribution in [0.15, 0.2) is 0 Å². The second-order valence-electron chi connectivity index (χ2n) is 3.49. The topological polar surface area (TPSA) is 29.1 Å². The van der Waals surface area contributed by atoms with Crippen LogP contribution in [0.25, 0.3) is 0 Å². The first kappa shape index (κ1) is 7.29. The summed E-state index contributed by atoms with van der Waals surface area (Å²) < 4.78 is 0. The van der Waals surface area contributed by atoms with E-state index in [2.05, 4.69) is 5.32 Å². The average molecular weight is 152 g/mol. The Balaban J connectivity index is 2.05. The van der Waals surface area contributed by atoms with E-state index < -0.39 is 0 Å². The Bertz CT molecular complexity index is 165. The molecular formula is C9H14NO. The van der Waals surface area contributed by atoms with E-state index in [1.54, 1.807) is 0 Å². The number of fused-ring (bicyclic) bond motifs is 1. The number of rotatable bonds is 0. The SMILES string of the molecule is O=C1CCCC2CNCC[C]12. The van der Waals surface area contributed by atoms with Gasteiger partial charge in [-0.2, -0.15) is 0 Å². The van der Waals surface area contributed by atoms with Gasteiger partial charge in [0.05, 0.1) is 0 Å². The van der Waals surface area contributed by atoms with E-state index in [4.69, 9.17) is 0 Å². The highest BCUT2D eigenvalue weighted by molar-refractivity contribution is 5.93. The minimum absolute atomic E-state index is 0.447. The van der Waals surface area contributed by atoms with Gasteiger partial charge in [0.1, 0.15) is 5.78 Å². The summed E-state index contributed by atoms with van der Waals surface area (Å²) >= 11 is 0. The summed E-state index contributed by atoms with van der Waals surface area (Å²) in [7, 11) is 0. The first-order valence-corrected chi connectivity index (χ1v) is 4.47. The molecule has 1 radical (unpaired) electrons. The van der Waals surface area contributed by atoms with Crippen molar-refractivity contribution in [3.63, 3.8) is 0 Å². The molecule has 1 aliphatic heterocycles. The molecule has 2 rings (SSSR count). The Labute approximate surface area is 67.4 Å². The predicted octanol–water partition coefficient (Wildman–Crippen LogP) is 0.923. The minimum atomic E-state index is 0.447. The molecule has 1 heterocycles. The molecule has 0 bridgehead atoms. The van der Waals surface area contributed by atoms with E-state index in [1.165, 1.54) is 12.3 Å². The molecule has 1 saturated carbocycles. The van der Waals surface area contributed by atoms with Gasteiger partial charge in [-0.3, -0.25) is 4.79 Å². The fraction of sp³-hybridized carbons (Fsp3) is 0.778. The molecule has 1 N–H and O–H groups in total. The number of piperidine rings is 1. The minimum Gasteiger partial charge on any atom is -0.316 e. The third-order valence-corrected chi connectivity index (χ3v) is 2.77. The Morgan fingerprint density at radius 2 is 2.27 bits per heavy atom. The first-order valence-electron chi connectivity index (χ1n) is 4.47. The van der Waals surface area contributed by atoms with Crippen LogP contribution in [0.5, 0.6) is 0 Å². The maximum Gasteiger partial charge on any atom is 0.140 e. The van der Waals surface area contributed by atoms with Gasteiger partial charge in [0.25, 0.3) is 0 Å². The Morgan fingerprint density at radius 3 is 3.09 bits per heavy atom. The summed E-state index contributed by atoms with van der Waals surface area (Å²) in [6.07, 6.45) is 4.15. The standard InChI is InChI=1S/C9H14NO/c11-9-3-1-2-7-6-10-5-4-8(7)9/h7,10H,1-6H2. The third-order valence-electron chi connectivity index (χ3n) is 2.77. The van der Waals surface area contributed by atoms with Crippen molar-refractivity contribution >= 4 is 5.78 Å². The highest BCUT2D eigenvalue weighted by atomic mass is 16.1. The maximum atomic E-state index is 11.4. The van der Waals surface area contributed by atoms with Gasteiger partial charge in [-0.25, -0.2) is 0 Å². The molecule has 1 unspecified atom stereocenters. The van der Waals surface area contributed by atoms with Gasteiger partial charge < -0.3 is 5.32 Å². The van der Waals surface area contributed by atoms with Gasteiger partial charge in [-0.15, -0.1) is 0 Å². The van der Waals surface area contributed by atoms with E-state index in [0.29, 0.717) is 11.7 Å². The molecule has 61 valence electrons. The van der Waals surface area contributed by atoms with Crippen LogP contribution in [-0.4, -0.2) is 18.9 Å². The molecule has 11 heavy (non-hydrogen) atoms. The number of hydrogen-bond donors (Lipinski definition) is 1. The summed E-state index contributed by atoms with van der Waals surface area (Å²) in [4.78, 5) is 11.4. The monoisotopic (exact) mass is 152 g/mol. The Morgan fingerprint density at radius 1 is 1.36 bits per heavy atom. The molecule has 1 saturated heterocycles. The van der Waals surface area contributed by atoms with Gasteiger partial charge in [-0.1, -0.05) is 0 Å². The molecule has 2 nitrogen and oxygen atoms in total. The maximum absolute atomic E-state index is 11.4. The van der Waals surface area contributed by atoms with Crippen LogP contribution >= 0.6 is 0 Å². The average Bonchev–Trinajstić information content (AvgIpc) is 2.06. The second-order valence-corrected chi connectivity index (χ2v) is 3.49. The summed E-state index contributed by atoms with van der Waals surface area (Å²) in [5, 5.41) is 3.33. The predicted molar refractivity (Wildman–Crippen MR) is 43.1 cm³/mol. The third kappa shape index (κ3) is 1.32. The van der Waals surface area contributed by atoms with Crippen molar-refractivity contribution in [2.45, 2.75) is 25.7 Å². The van der Waals surface area contributed by atoms with Crippen molar-refractivity contribution < 1.29 is 4.79 Å². The second kappa shape index (κ2) is 2.94. The molecule has 0 aromatic rings. The fourth-order valence-electron chi connectivity index (χ4n) is 2.14. The lowest BCUT2D eigenvalue weighted by Gasteiger charge is -2.33. The van der Waals surface area contributed by atoms with E-state index in [1.807, 2.05) is 0 Å². The lowest BCUT2D eigenvalue weighted by Crippen LogP contribution is -2.40. The van der Waals surface area contributed by atoms with E-state index in [0.717, 1.165) is 32.4 Å². The first-order chi connectivity index (χ1) is 5.38. The number of hydrogen-bond acceptors (Lipinski definition) is 2. The van der Waals surface area contributed by atoms with E-state index >= 15 is 0 Å². The van der Waals surface area contributed by atoms with Crippen molar-refractivity contribution in [2.75, 3.05) is 13.1 Å². The summed E-state index contributed by atoms with van der Waals surface area (Å²) in [5.74, 6) is 2.27. The lowest BCUT2D eigenvalue weighted by atomic mass is 9.75. The zero-order chi connectivity index (χ0) is 7.68. The summed E-state index contributed by atoms with van der Waals surface area (Å²) in [6.45, 7) is 2.05. The highest BCUT2D eigenvalue weighted by Gasteiger charge is 2.33. The number of ketones is 1. The largest absolute Gasteiger partial charge is 0.316 e. The quantitative estimate of drug-likeness (QED) is 0.559. The molecular weight excluding hydrogens is 138 g/mol. The van der Waals surface area contributed by atoms with Crippen LogP contribution in [0.4, 0.5) is 0 Å². The molecule has 2 aliphatic rings.